The van der Waals surface area contributed by atoms with Crippen LogP contribution in [0.2, 0.25) is 5.02 Å². The fourth-order valence-electron chi connectivity index (χ4n) is 3.13. The molecule has 0 spiro atoms. The van der Waals surface area contributed by atoms with E-state index in [1.807, 2.05) is 48.2 Å². The summed E-state index contributed by atoms with van der Waals surface area (Å²) in [6, 6.07) is 15.5. The zero-order valence-corrected chi connectivity index (χ0v) is 17.1. The van der Waals surface area contributed by atoms with Crippen LogP contribution in [0.15, 0.2) is 53.4 Å². The highest BCUT2D eigenvalue weighted by Crippen LogP contribution is 2.31. The SMILES string of the molecule is COc1ccc(OC[C@@H](O)CN2CCC(Sc3ccc(Cl)cc3)CC2)cc1. The van der Waals surface area contributed by atoms with E-state index in [2.05, 4.69) is 17.0 Å². The van der Waals surface area contributed by atoms with E-state index in [1.54, 1.807) is 7.11 Å². The molecule has 6 heteroatoms. The first-order valence-corrected chi connectivity index (χ1v) is 10.5. The first-order chi connectivity index (χ1) is 13.1. The Kier molecular flexibility index (Phi) is 7.70. The molecule has 0 unspecified atom stereocenters. The van der Waals surface area contributed by atoms with E-state index < -0.39 is 6.10 Å². The molecular formula is C21H26ClNO3S. The number of aliphatic hydroxyl groups is 1. The van der Waals surface area contributed by atoms with E-state index in [0.29, 0.717) is 18.4 Å². The molecule has 2 aromatic rings. The summed E-state index contributed by atoms with van der Waals surface area (Å²) in [5.74, 6) is 1.54. The van der Waals surface area contributed by atoms with Crippen molar-refractivity contribution in [3.63, 3.8) is 0 Å². The van der Waals surface area contributed by atoms with Gasteiger partial charge in [0.25, 0.3) is 0 Å². The molecule has 1 aliphatic heterocycles. The molecule has 0 aromatic heterocycles. The summed E-state index contributed by atoms with van der Waals surface area (Å²) < 4.78 is 10.8. The highest BCUT2D eigenvalue weighted by atomic mass is 35.5. The Labute approximate surface area is 170 Å². The largest absolute Gasteiger partial charge is 0.497 e. The Balaban J connectivity index is 1.36. The number of nitrogens with zero attached hydrogens (tertiary/aromatic N) is 1. The van der Waals surface area contributed by atoms with Gasteiger partial charge in [-0.3, -0.25) is 0 Å². The zero-order valence-electron chi connectivity index (χ0n) is 15.5. The standard InChI is InChI=1S/C21H26ClNO3S/c1-25-18-4-6-19(7-5-18)26-15-17(24)14-23-12-10-21(11-13-23)27-20-8-2-16(22)3-9-20/h2-9,17,21,24H,10-15H2,1H3/t17-/m0/s1. The average molecular weight is 408 g/mol. The predicted molar refractivity (Wildman–Crippen MR) is 111 cm³/mol. The van der Waals surface area contributed by atoms with Crippen LogP contribution in [0.5, 0.6) is 11.5 Å². The van der Waals surface area contributed by atoms with Gasteiger partial charge >= 0.3 is 0 Å². The van der Waals surface area contributed by atoms with Crippen LogP contribution in [0.1, 0.15) is 12.8 Å². The fraction of sp³-hybridized carbons (Fsp3) is 0.429. The molecule has 3 rings (SSSR count). The second-order valence-electron chi connectivity index (χ2n) is 6.71. The topological polar surface area (TPSA) is 41.9 Å². The molecule has 2 aromatic carbocycles. The molecule has 0 saturated carbocycles. The van der Waals surface area contributed by atoms with Gasteiger partial charge in [-0.25, -0.2) is 0 Å². The predicted octanol–water partition coefficient (Wildman–Crippen LogP) is 4.35. The van der Waals surface area contributed by atoms with Gasteiger partial charge in [0.15, 0.2) is 0 Å². The third-order valence-electron chi connectivity index (χ3n) is 4.62. The summed E-state index contributed by atoms with van der Waals surface area (Å²) in [5, 5.41) is 11.7. The lowest BCUT2D eigenvalue weighted by molar-refractivity contribution is 0.0623. The van der Waals surface area contributed by atoms with Gasteiger partial charge in [0.1, 0.15) is 24.2 Å². The molecule has 1 atom stereocenters. The molecule has 0 radical (unpaired) electrons. The third-order valence-corrected chi connectivity index (χ3v) is 6.22. The lowest BCUT2D eigenvalue weighted by Gasteiger charge is -2.32. The van der Waals surface area contributed by atoms with Crippen molar-refractivity contribution in [1.29, 1.82) is 0 Å². The minimum Gasteiger partial charge on any atom is -0.497 e. The number of hydrogen-bond donors (Lipinski definition) is 1. The summed E-state index contributed by atoms with van der Waals surface area (Å²) in [6.45, 7) is 2.95. The molecule has 1 aliphatic rings. The maximum Gasteiger partial charge on any atom is 0.119 e. The van der Waals surface area contributed by atoms with Gasteiger partial charge in [0, 0.05) is 21.7 Å². The molecule has 1 saturated heterocycles. The van der Waals surface area contributed by atoms with Crippen molar-refractivity contribution < 1.29 is 14.6 Å². The Morgan fingerprint density at radius 3 is 2.33 bits per heavy atom. The summed E-state index contributed by atoms with van der Waals surface area (Å²) in [4.78, 5) is 3.59. The molecule has 146 valence electrons. The molecule has 27 heavy (non-hydrogen) atoms. The van der Waals surface area contributed by atoms with Crippen LogP contribution in [0.3, 0.4) is 0 Å². The number of aliphatic hydroxyl groups excluding tert-OH is 1. The highest BCUT2D eigenvalue weighted by Gasteiger charge is 2.22. The molecule has 1 fully saturated rings. The number of halogens is 1. The molecule has 0 amide bonds. The van der Waals surface area contributed by atoms with E-state index >= 15 is 0 Å². The van der Waals surface area contributed by atoms with E-state index in [0.717, 1.165) is 42.5 Å². The molecule has 1 N–H and O–H groups in total. The lowest BCUT2D eigenvalue weighted by atomic mass is 10.1. The summed E-state index contributed by atoms with van der Waals surface area (Å²) in [5.41, 5.74) is 0. The number of methoxy groups -OCH3 is 1. The van der Waals surface area contributed by atoms with Crippen molar-refractivity contribution in [3.05, 3.63) is 53.6 Å². The first-order valence-electron chi connectivity index (χ1n) is 9.22. The molecule has 4 nitrogen and oxygen atoms in total. The molecule has 0 bridgehead atoms. The highest BCUT2D eigenvalue weighted by molar-refractivity contribution is 8.00. The first kappa shape index (κ1) is 20.3. The number of β-amino-alcohol motifs (C(OH)–C–C–N with tert-alkyl or cyclic N) is 1. The van der Waals surface area contributed by atoms with E-state index in [4.69, 9.17) is 21.1 Å². The van der Waals surface area contributed by atoms with Crippen LogP contribution in [-0.4, -0.2) is 54.7 Å². The Morgan fingerprint density at radius 1 is 1.07 bits per heavy atom. The monoisotopic (exact) mass is 407 g/mol. The summed E-state index contributed by atoms with van der Waals surface area (Å²) in [7, 11) is 1.64. The Bertz CT molecular complexity index is 688. The maximum atomic E-state index is 10.3. The number of hydrogen-bond acceptors (Lipinski definition) is 5. The number of benzene rings is 2. The van der Waals surface area contributed by atoms with Crippen molar-refractivity contribution >= 4 is 23.4 Å². The normalized spacial score (nSPS) is 16.9. The quantitative estimate of drug-likeness (QED) is 0.704. The second kappa shape index (κ2) is 10.2. The van der Waals surface area contributed by atoms with E-state index in [9.17, 15) is 5.11 Å². The van der Waals surface area contributed by atoms with E-state index in [-0.39, 0.29) is 0 Å². The maximum absolute atomic E-state index is 10.3. The van der Waals surface area contributed by atoms with Crippen molar-refractivity contribution in [3.8, 4) is 11.5 Å². The summed E-state index contributed by atoms with van der Waals surface area (Å²) >= 11 is 7.87. The lowest BCUT2D eigenvalue weighted by Crippen LogP contribution is -2.41. The van der Waals surface area contributed by atoms with Gasteiger partial charge in [0.2, 0.25) is 0 Å². The van der Waals surface area contributed by atoms with Gasteiger partial charge in [-0.05, 0) is 74.5 Å². The van der Waals surface area contributed by atoms with Crippen LogP contribution in [0, 0.1) is 0 Å². The van der Waals surface area contributed by atoms with Crippen LogP contribution >= 0.6 is 23.4 Å². The molecule has 0 aliphatic carbocycles. The van der Waals surface area contributed by atoms with Gasteiger partial charge in [0.05, 0.1) is 7.11 Å². The number of piperidine rings is 1. The molecule has 1 heterocycles. The number of thioether (sulfide) groups is 1. The smallest absolute Gasteiger partial charge is 0.119 e. The van der Waals surface area contributed by atoms with Gasteiger partial charge in [-0.2, -0.15) is 0 Å². The van der Waals surface area contributed by atoms with E-state index in [1.165, 1.54) is 4.90 Å². The number of likely N-dealkylation sites (tertiary alicyclic amines) is 1. The second-order valence-corrected chi connectivity index (χ2v) is 8.52. The average Bonchev–Trinajstić information content (AvgIpc) is 2.70. The van der Waals surface area contributed by atoms with Gasteiger partial charge < -0.3 is 19.5 Å². The van der Waals surface area contributed by atoms with Crippen LogP contribution in [-0.2, 0) is 0 Å². The Hall–Kier alpha value is -1.40. The van der Waals surface area contributed by atoms with Gasteiger partial charge in [-0.15, -0.1) is 11.8 Å². The molecular weight excluding hydrogens is 382 g/mol. The minimum atomic E-state index is -0.493. The van der Waals surface area contributed by atoms with Crippen molar-refractivity contribution in [2.75, 3.05) is 33.4 Å². The van der Waals surface area contributed by atoms with Crippen LogP contribution < -0.4 is 9.47 Å². The number of ether oxygens (including phenoxy) is 2. The number of rotatable bonds is 8. The van der Waals surface area contributed by atoms with Crippen molar-refractivity contribution in [1.82, 2.24) is 4.90 Å². The van der Waals surface area contributed by atoms with Crippen LogP contribution in [0.25, 0.3) is 0 Å². The third kappa shape index (κ3) is 6.61. The van der Waals surface area contributed by atoms with Crippen molar-refractivity contribution in [2.24, 2.45) is 0 Å². The van der Waals surface area contributed by atoms with Gasteiger partial charge in [-0.1, -0.05) is 11.6 Å². The van der Waals surface area contributed by atoms with Crippen molar-refractivity contribution in [2.45, 2.75) is 29.1 Å². The fourth-order valence-corrected chi connectivity index (χ4v) is 4.38. The minimum absolute atomic E-state index is 0.297. The zero-order chi connectivity index (χ0) is 19.1. The Morgan fingerprint density at radius 2 is 1.70 bits per heavy atom. The summed E-state index contributed by atoms with van der Waals surface area (Å²) in [6.07, 6.45) is 1.76. The van der Waals surface area contributed by atoms with Crippen LogP contribution in [0.4, 0.5) is 0 Å².